The summed E-state index contributed by atoms with van der Waals surface area (Å²) in [6, 6.07) is 2.75. The molecule has 1 atom stereocenters. The summed E-state index contributed by atoms with van der Waals surface area (Å²) < 4.78 is 0. The first kappa shape index (κ1) is 8.99. The molecule has 64 valence electrons. The van der Waals surface area contributed by atoms with Gasteiger partial charge in [0.15, 0.2) is 0 Å². The lowest BCUT2D eigenvalue weighted by atomic mass is 10.2. The van der Waals surface area contributed by atoms with E-state index < -0.39 is 0 Å². The molecule has 0 radical (unpaired) electrons. The molecule has 1 unspecified atom stereocenters. The second kappa shape index (κ2) is 4.71. The van der Waals surface area contributed by atoms with Crippen LogP contribution >= 0.6 is 0 Å². The van der Waals surface area contributed by atoms with Crippen molar-refractivity contribution >= 4 is 6.08 Å². The number of rotatable bonds is 1. The summed E-state index contributed by atoms with van der Waals surface area (Å²) in [5, 5.41) is 0. The minimum atomic E-state index is 0.298. The van der Waals surface area contributed by atoms with Crippen molar-refractivity contribution in [3.05, 3.63) is 0 Å². The van der Waals surface area contributed by atoms with Gasteiger partial charge < -0.3 is 0 Å². The predicted molar refractivity (Wildman–Crippen MR) is 46.2 cm³/mol. The van der Waals surface area contributed by atoms with Crippen molar-refractivity contribution in [3.63, 3.8) is 0 Å². The number of hydrogen-bond acceptors (Lipinski definition) is 3. The minimum absolute atomic E-state index is 0.298. The highest BCUT2D eigenvalue weighted by Gasteiger charge is 2.20. The van der Waals surface area contributed by atoms with Gasteiger partial charge in [-0.15, -0.1) is 4.99 Å². The van der Waals surface area contributed by atoms with Crippen LogP contribution in [-0.4, -0.2) is 30.1 Å². The van der Waals surface area contributed by atoms with Crippen LogP contribution in [0.15, 0.2) is 4.99 Å². The van der Waals surface area contributed by atoms with Gasteiger partial charge in [-0.3, -0.25) is 4.90 Å². The standard InChI is InChI=1S/C9H12N2O/c1-2-11-7-3-4-9(11)5-6-10-8-12/h9H,2-4,7H2,1H3. The zero-order valence-electron chi connectivity index (χ0n) is 7.21. The highest BCUT2D eigenvalue weighted by molar-refractivity contribution is 5.36. The molecule has 1 saturated heterocycles. The molecular formula is C9H12N2O. The van der Waals surface area contributed by atoms with E-state index in [-0.39, 0.29) is 0 Å². The molecule has 1 aliphatic rings. The predicted octanol–water partition coefficient (Wildman–Crippen LogP) is 0.767. The Hall–Kier alpha value is -1.10. The quantitative estimate of drug-likeness (QED) is 0.326. The highest BCUT2D eigenvalue weighted by Crippen LogP contribution is 2.15. The Morgan fingerprint density at radius 3 is 3.17 bits per heavy atom. The lowest BCUT2D eigenvalue weighted by molar-refractivity contribution is 0.313. The molecule has 1 aliphatic heterocycles. The number of likely N-dealkylation sites (tertiary alicyclic amines) is 1. The monoisotopic (exact) mass is 164 g/mol. The Balaban J connectivity index is 2.52. The molecule has 0 amide bonds. The number of nitrogens with zero attached hydrogens (tertiary/aromatic N) is 2. The number of carbonyl (C=O) groups excluding carboxylic acids is 1. The maximum absolute atomic E-state index is 9.72. The molecule has 0 aliphatic carbocycles. The van der Waals surface area contributed by atoms with Crippen molar-refractivity contribution in [2.24, 2.45) is 4.99 Å². The van der Waals surface area contributed by atoms with Gasteiger partial charge in [0.1, 0.15) is 0 Å². The van der Waals surface area contributed by atoms with Gasteiger partial charge in [0.05, 0.1) is 6.04 Å². The number of isocyanates is 1. The molecular weight excluding hydrogens is 152 g/mol. The molecule has 1 rings (SSSR count). The van der Waals surface area contributed by atoms with E-state index in [4.69, 9.17) is 0 Å². The Morgan fingerprint density at radius 2 is 2.50 bits per heavy atom. The molecule has 0 bridgehead atoms. The van der Waals surface area contributed by atoms with E-state index >= 15 is 0 Å². The largest absolute Gasteiger partial charge is 0.290 e. The van der Waals surface area contributed by atoms with Crippen molar-refractivity contribution in [3.8, 4) is 12.0 Å². The Bertz CT molecular complexity index is 245. The van der Waals surface area contributed by atoms with E-state index in [2.05, 4.69) is 28.8 Å². The maximum atomic E-state index is 9.72. The molecule has 1 heterocycles. The van der Waals surface area contributed by atoms with Crippen molar-refractivity contribution in [1.82, 2.24) is 4.90 Å². The van der Waals surface area contributed by atoms with Crippen LogP contribution in [0.4, 0.5) is 0 Å². The first-order valence-corrected chi connectivity index (χ1v) is 4.20. The van der Waals surface area contributed by atoms with Gasteiger partial charge in [-0.1, -0.05) is 12.8 Å². The summed E-state index contributed by atoms with van der Waals surface area (Å²) in [7, 11) is 0. The zero-order valence-corrected chi connectivity index (χ0v) is 7.21. The van der Waals surface area contributed by atoms with Crippen LogP contribution < -0.4 is 0 Å². The van der Waals surface area contributed by atoms with Gasteiger partial charge in [0, 0.05) is 6.04 Å². The average molecular weight is 164 g/mol. The van der Waals surface area contributed by atoms with E-state index in [1.807, 2.05) is 0 Å². The second-order valence-corrected chi connectivity index (χ2v) is 2.75. The third kappa shape index (κ3) is 2.20. The lowest BCUT2D eigenvalue weighted by Crippen LogP contribution is -2.27. The Kier molecular flexibility index (Phi) is 3.53. The molecule has 0 saturated carbocycles. The Labute approximate surface area is 72.5 Å². The van der Waals surface area contributed by atoms with Crippen LogP contribution in [-0.2, 0) is 4.79 Å². The third-order valence-electron chi connectivity index (χ3n) is 2.10. The smallest absolute Gasteiger partial charge is 0.249 e. The van der Waals surface area contributed by atoms with Gasteiger partial charge in [-0.25, -0.2) is 4.79 Å². The summed E-state index contributed by atoms with van der Waals surface area (Å²) in [4.78, 5) is 15.2. The molecule has 0 spiro atoms. The number of hydrogen-bond donors (Lipinski definition) is 0. The minimum Gasteiger partial charge on any atom is -0.290 e. The first-order chi connectivity index (χ1) is 5.88. The van der Waals surface area contributed by atoms with Gasteiger partial charge >= 0.3 is 0 Å². The molecule has 3 heteroatoms. The van der Waals surface area contributed by atoms with Crippen molar-refractivity contribution in [1.29, 1.82) is 0 Å². The maximum Gasteiger partial charge on any atom is 0.249 e. The van der Waals surface area contributed by atoms with E-state index in [1.165, 1.54) is 12.5 Å². The van der Waals surface area contributed by atoms with Gasteiger partial charge in [0.25, 0.3) is 0 Å². The van der Waals surface area contributed by atoms with E-state index in [0.29, 0.717) is 6.04 Å². The van der Waals surface area contributed by atoms with Gasteiger partial charge in [-0.05, 0) is 25.9 Å². The summed E-state index contributed by atoms with van der Waals surface area (Å²) in [5.41, 5.74) is 0. The van der Waals surface area contributed by atoms with Crippen LogP contribution in [0.5, 0.6) is 0 Å². The molecule has 1 fully saturated rings. The van der Waals surface area contributed by atoms with Crippen molar-refractivity contribution in [2.75, 3.05) is 13.1 Å². The molecule has 0 aromatic heterocycles. The van der Waals surface area contributed by atoms with Crippen LogP contribution in [0, 0.1) is 12.0 Å². The summed E-state index contributed by atoms with van der Waals surface area (Å²) >= 11 is 0. The molecule has 3 nitrogen and oxygen atoms in total. The van der Waals surface area contributed by atoms with Gasteiger partial charge in [-0.2, -0.15) is 0 Å². The average Bonchev–Trinajstić information content (AvgIpc) is 2.52. The summed E-state index contributed by atoms with van der Waals surface area (Å²) in [5.74, 6) is 2.93. The molecule has 0 aromatic rings. The zero-order chi connectivity index (χ0) is 8.81. The van der Waals surface area contributed by atoms with Crippen LogP contribution in [0.2, 0.25) is 0 Å². The molecule has 0 N–H and O–H groups in total. The van der Waals surface area contributed by atoms with Crippen LogP contribution in [0.1, 0.15) is 19.8 Å². The highest BCUT2D eigenvalue weighted by atomic mass is 16.1. The summed E-state index contributed by atoms with van der Waals surface area (Å²) in [6.07, 6.45) is 3.69. The van der Waals surface area contributed by atoms with E-state index in [9.17, 15) is 4.79 Å². The summed E-state index contributed by atoms with van der Waals surface area (Å²) in [6.45, 7) is 4.24. The fourth-order valence-corrected chi connectivity index (χ4v) is 1.50. The van der Waals surface area contributed by atoms with Crippen LogP contribution in [0.25, 0.3) is 0 Å². The SMILES string of the molecule is CCN1CCCC1C#CN=C=O. The normalized spacial score (nSPS) is 22.6. The van der Waals surface area contributed by atoms with Crippen molar-refractivity contribution in [2.45, 2.75) is 25.8 Å². The molecule has 12 heavy (non-hydrogen) atoms. The Morgan fingerprint density at radius 1 is 1.67 bits per heavy atom. The fourth-order valence-electron chi connectivity index (χ4n) is 1.50. The van der Waals surface area contributed by atoms with Crippen LogP contribution in [0.3, 0.4) is 0 Å². The second-order valence-electron chi connectivity index (χ2n) is 2.75. The van der Waals surface area contributed by atoms with Crippen molar-refractivity contribution < 1.29 is 4.79 Å². The number of aliphatic imine (C=N–C) groups is 1. The topological polar surface area (TPSA) is 32.7 Å². The fraction of sp³-hybridized carbons (Fsp3) is 0.667. The van der Waals surface area contributed by atoms with E-state index in [1.54, 1.807) is 0 Å². The first-order valence-electron chi connectivity index (χ1n) is 4.20. The third-order valence-corrected chi connectivity index (χ3v) is 2.10. The van der Waals surface area contributed by atoms with Gasteiger partial charge in [0.2, 0.25) is 6.08 Å². The van der Waals surface area contributed by atoms with E-state index in [0.717, 1.165) is 19.5 Å². The molecule has 0 aromatic carbocycles. The lowest BCUT2D eigenvalue weighted by Gasteiger charge is -2.16.